The highest BCUT2D eigenvalue weighted by atomic mass is 15.1. The minimum absolute atomic E-state index is 0.813. The van der Waals surface area contributed by atoms with Crippen molar-refractivity contribution < 1.29 is 0 Å². The fourth-order valence-electron chi connectivity index (χ4n) is 7.49. The maximum absolute atomic E-state index is 5.90. The van der Waals surface area contributed by atoms with Gasteiger partial charge >= 0.3 is 0 Å². The van der Waals surface area contributed by atoms with Gasteiger partial charge in [-0.05, 0) is 142 Å². The molecule has 0 heterocycles. The van der Waals surface area contributed by atoms with Gasteiger partial charge in [0, 0.05) is 0 Å². The zero-order valence-corrected chi connectivity index (χ0v) is 36.1. The van der Waals surface area contributed by atoms with Crippen molar-refractivity contribution in [2.24, 2.45) is 11.5 Å². The first-order valence-corrected chi connectivity index (χ1v) is 23.9. The molecule has 0 atom stereocenters. The van der Waals surface area contributed by atoms with Crippen LogP contribution in [-0.4, -0.2) is 62.2 Å². The lowest BCUT2D eigenvalue weighted by molar-refractivity contribution is 0.233. The average Bonchev–Trinajstić information content (AvgIpc) is 3.16. The van der Waals surface area contributed by atoms with Gasteiger partial charge in [0.2, 0.25) is 0 Å². The van der Waals surface area contributed by atoms with Crippen molar-refractivity contribution in [1.29, 1.82) is 0 Å². The van der Waals surface area contributed by atoms with Crippen molar-refractivity contribution in [1.82, 2.24) is 9.80 Å². The van der Waals surface area contributed by atoms with Crippen molar-refractivity contribution in [3.05, 3.63) is 24.3 Å². The molecule has 310 valence electrons. The molecular formula is C48H98N4. The summed E-state index contributed by atoms with van der Waals surface area (Å²) >= 11 is 0. The number of allylic oxidation sites excluding steroid dienone is 4. The molecule has 0 saturated carbocycles. The molecule has 0 aliphatic carbocycles. The zero-order chi connectivity index (χ0) is 37.7. The summed E-state index contributed by atoms with van der Waals surface area (Å²) in [7, 11) is 0. The quantitative estimate of drug-likeness (QED) is 0.0484. The van der Waals surface area contributed by atoms with Gasteiger partial charge in [0.05, 0.1) is 0 Å². The number of nitrogens with zero attached hydrogens (tertiary/aromatic N) is 2. The molecule has 0 radical (unpaired) electrons. The molecule has 0 fully saturated rings. The Kier molecular flexibility index (Phi) is 45.9. The molecule has 4 N–H and O–H groups in total. The molecule has 0 amide bonds. The number of rotatable bonds is 45. The van der Waals surface area contributed by atoms with Crippen LogP contribution >= 0.6 is 0 Å². The van der Waals surface area contributed by atoms with E-state index in [1.807, 2.05) is 0 Å². The van der Waals surface area contributed by atoms with Gasteiger partial charge in [0.1, 0.15) is 0 Å². The fourth-order valence-corrected chi connectivity index (χ4v) is 7.49. The van der Waals surface area contributed by atoms with Crippen molar-refractivity contribution >= 4 is 0 Å². The highest BCUT2D eigenvalue weighted by molar-refractivity contribution is 4.82. The second-order valence-electron chi connectivity index (χ2n) is 16.3. The second kappa shape index (κ2) is 46.5. The Morgan fingerprint density at radius 2 is 0.481 bits per heavy atom. The van der Waals surface area contributed by atoms with E-state index in [-0.39, 0.29) is 0 Å². The van der Waals surface area contributed by atoms with Crippen LogP contribution in [0.4, 0.5) is 0 Å². The molecule has 0 aromatic heterocycles. The van der Waals surface area contributed by atoms with Crippen LogP contribution in [0.25, 0.3) is 0 Å². The predicted molar refractivity (Wildman–Crippen MR) is 238 cm³/mol. The summed E-state index contributed by atoms with van der Waals surface area (Å²) in [5, 5.41) is 0. The van der Waals surface area contributed by atoms with E-state index in [2.05, 4.69) is 48.0 Å². The Hall–Kier alpha value is -0.680. The highest BCUT2D eigenvalue weighted by Gasteiger charge is 2.08. The lowest BCUT2D eigenvalue weighted by Gasteiger charge is -2.24. The van der Waals surface area contributed by atoms with Gasteiger partial charge in [-0.25, -0.2) is 0 Å². The van der Waals surface area contributed by atoms with Crippen molar-refractivity contribution in [2.45, 2.75) is 232 Å². The third-order valence-electron chi connectivity index (χ3n) is 11.0. The third-order valence-corrected chi connectivity index (χ3v) is 11.0. The average molecular weight is 731 g/mol. The molecule has 52 heavy (non-hydrogen) atoms. The van der Waals surface area contributed by atoms with Gasteiger partial charge in [-0.3, -0.25) is 0 Å². The maximum Gasteiger partial charge on any atom is -0.000672 e. The molecule has 0 aromatic carbocycles. The molecule has 4 heteroatoms. The number of hydrogen-bond donors (Lipinski definition) is 2. The van der Waals surface area contributed by atoms with Gasteiger partial charge < -0.3 is 21.3 Å². The number of hydrogen-bond acceptors (Lipinski definition) is 4. The van der Waals surface area contributed by atoms with Crippen LogP contribution in [0.1, 0.15) is 232 Å². The molecule has 0 aliphatic rings. The summed E-state index contributed by atoms with van der Waals surface area (Å²) < 4.78 is 0. The Balaban J connectivity index is 3.86. The Labute approximate surface area is 329 Å². The maximum atomic E-state index is 5.90. The SMILES string of the molecule is CCCCCCCCC/C=C/CCCCCCCCN(CCCN)CCCCN(CCCN)CCCCCCCC/C=C/CCCCCCCCC. The van der Waals surface area contributed by atoms with Gasteiger partial charge in [0.25, 0.3) is 0 Å². The summed E-state index contributed by atoms with van der Waals surface area (Å²) in [6, 6.07) is 0. The van der Waals surface area contributed by atoms with Gasteiger partial charge in [-0.15, -0.1) is 0 Å². The molecular weight excluding hydrogens is 633 g/mol. The minimum atomic E-state index is 0.813. The van der Waals surface area contributed by atoms with Crippen LogP contribution in [0.3, 0.4) is 0 Å². The molecule has 0 unspecified atom stereocenters. The number of unbranched alkanes of at least 4 members (excludes halogenated alkanes) is 27. The second-order valence-corrected chi connectivity index (χ2v) is 16.3. The van der Waals surface area contributed by atoms with Crippen molar-refractivity contribution in [3.8, 4) is 0 Å². The van der Waals surface area contributed by atoms with Crippen LogP contribution in [0.15, 0.2) is 24.3 Å². The Bertz CT molecular complexity index is 634. The van der Waals surface area contributed by atoms with E-state index >= 15 is 0 Å². The molecule has 0 aliphatic heterocycles. The first-order chi connectivity index (χ1) is 25.8. The molecule has 0 saturated heterocycles. The smallest absolute Gasteiger partial charge is 0.000672 e. The summed E-state index contributed by atoms with van der Waals surface area (Å²) in [6.45, 7) is 13.6. The highest BCUT2D eigenvalue weighted by Crippen LogP contribution is 2.13. The first kappa shape index (κ1) is 51.3. The van der Waals surface area contributed by atoms with Crippen LogP contribution < -0.4 is 11.5 Å². The fraction of sp³-hybridized carbons (Fsp3) is 0.917. The van der Waals surface area contributed by atoms with Crippen LogP contribution in [0.2, 0.25) is 0 Å². The van der Waals surface area contributed by atoms with Crippen molar-refractivity contribution in [3.63, 3.8) is 0 Å². The summed E-state index contributed by atoms with van der Waals surface area (Å²) in [5.74, 6) is 0. The molecule has 0 rings (SSSR count). The summed E-state index contributed by atoms with van der Waals surface area (Å²) in [4.78, 5) is 5.42. The van der Waals surface area contributed by atoms with Gasteiger partial charge in [-0.1, -0.05) is 167 Å². The van der Waals surface area contributed by atoms with E-state index in [1.165, 1.54) is 245 Å². The van der Waals surface area contributed by atoms with Crippen LogP contribution in [0.5, 0.6) is 0 Å². The summed E-state index contributed by atoms with van der Waals surface area (Å²) in [5.41, 5.74) is 11.8. The largest absolute Gasteiger partial charge is 0.330 e. The standard InChI is InChI=1S/C48H98N4/c1-3-5-7-9-11-13-15-17-19-21-23-25-27-29-31-33-35-43-51(47-39-41-49)45-37-38-46-52(48-40-42-50)44-36-34-32-30-28-26-24-22-20-18-16-14-12-10-8-6-4-2/h19-22H,3-18,23-50H2,1-2H3/b21-19+,22-20+. The lowest BCUT2D eigenvalue weighted by Crippen LogP contribution is -2.31. The van der Waals surface area contributed by atoms with E-state index in [4.69, 9.17) is 11.5 Å². The van der Waals surface area contributed by atoms with E-state index in [9.17, 15) is 0 Å². The summed E-state index contributed by atoms with van der Waals surface area (Å²) in [6.07, 6.45) is 56.2. The van der Waals surface area contributed by atoms with Crippen LogP contribution in [-0.2, 0) is 0 Å². The van der Waals surface area contributed by atoms with Gasteiger partial charge in [0.15, 0.2) is 0 Å². The van der Waals surface area contributed by atoms with E-state index in [0.717, 1.165) is 25.9 Å². The molecule has 0 spiro atoms. The zero-order valence-electron chi connectivity index (χ0n) is 36.1. The third kappa shape index (κ3) is 42.1. The predicted octanol–water partition coefficient (Wildman–Crippen LogP) is 13.9. The van der Waals surface area contributed by atoms with Gasteiger partial charge in [-0.2, -0.15) is 0 Å². The van der Waals surface area contributed by atoms with E-state index < -0.39 is 0 Å². The first-order valence-electron chi connectivity index (χ1n) is 23.9. The normalized spacial score (nSPS) is 12.2. The number of nitrogens with two attached hydrogens (primary N) is 2. The molecule has 0 bridgehead atoms. The lowest BCUT2D eigenvalue weighted by atomic mass is 10.1. The van der Waals surface area contributed by atoms with E-state index in [1.54, 1.807) is 0 Å². The Morgan fingerprint density at radius 1 is 0.269 bits per heavy atom. The minimum Gasteiger partial charge on any atom is -0.330 e. The topological polar surface area (TPSA) is 58.5 Å². The molecule has 4 nitrogen and oxygen atoms in total. The van der Waals surface area contributed by atoms with Crippen molar-refractivity contribution in [2.75, 3.05) is 52.4 Å². The van der Waals surface area contributed by atoms with Crippen LogP contribution in [0, 0.1) is 0 Å². The Morgan fingerprint density at radius 3 is 0.750 bits per heavy atom. The van der Waals surface area contributed by atoms with E-state index in [0.29, 0.717) is 0 Å². The monoisotopic (exact) mass is 731 g/mol. The molecule has 0 aromatic rings.